The number of cyclic esters (lactones) is 1. The van der Waals surface area contributed by atoms with Crippen molar-refractivity contribution in [3.8, 4) is 0 Å². The van der Waals surface area contributed by atoms with E-state index in [2.05, 4.69) is 20.6 Å². The first-order valence-electron chi connectivity index (χ1n) is 12.1. The van der Waals surface area contributed by atoms with Crippen LogP contribution in [0.5, 0.6) is 0 Å². The molecule has 188 valence electrons. The first kappa shape index (κ1) is 24.8. The van der Waals surface area contributed by atoms with E-state index in [1.807, 2.05) is 20.8 Å². The molecule has 3 N–H and O–H groups in total. The summed E-state index contributed by atoms with van der Waals surface area (Å²) in [5.74, 6) is -0.151. The molecule has 2 atom stereocenters. The molecule has 0 unspecified atom stereocenters. The second-order valence-electron chi connectivity index (χ2n) is 9.58. The van der Waals surface area contributed by atoms with Crippen molar-refractivity contribution in [2.75, 3.05) is 16.8 Å². The van der Waals surface area contributed by atoms with Gasteiger partial charge in [0.1, 0.15) is 18.2 Å². The number of nitrogens with zero attached hydrogens (tertiary/aromatic N) is 3. The Morgan fingerprint density at radius 1 is 1.20 bits per heavy atom. The highest BCUT2D eigenvalue weighted by atomic mass is 19.1. The summed E-state index contributed by atoms with van der Waals surface area (Å²) in [6.45, 7) is 6.17. The van der Waals surface area contributed by atoms with E-state index in [0.717, 1.165) is 0 Å². The zero-order valence-corrected chi connectivity index (χ0v) is 20.2. The van der Waals surface area contributed by atoms with Crippen molar-refractivity contribution in [1.82, 2.24) is 15.3 Å². The maximum atomic E-state index is 14.8. The summed E-state index contributed by atoms with van der Waals surface area (Å²) in [5.41, 5.74) is 0.604. The summed E-state index contributed by atoms with van der Waals surface area (Å²) < 4.78 is 20.0. The normalized spacial score (nSPS) is 23.2. The molecule has 9 nitrogen and oxygen atoms in total. The lowest BCUT2D eigenvalue weighted by Crippen LogP contribution is -2.38. The highest BCUT2D eigenvalue weighted by Crippen LogP contribution is 2.27. The molecule has 2 fully saturated rings. The lowest BCUT2D eigenvalue weighted by Gasteiger charge is -2.26. The van der Waals surface area contributed by atoms with Crippen LogP contribution in [0.15, 0.2) is 30.5 Å². The molecule has 2 aromatic rings. The fraction of sp³-hybridized carbons (Fsp3) is 0.520. The minimum absolute atomic E-state index is 0.0161. The Hall–Kier alpha value is -3.27. The third-order valence-corrected chi connectivity index (χ3v) is 6.68. The minimum Gasteiger partial charge on any atom is -0.447 e. The molecule has 4 rings (SSSR count). The fourth-order valence-electron chi connectivity index (χ4n) is 4.49. The van der Waals surface area contributed by atoms with Crippen molar-refractivity contribution < 1.29 is 23.8 Å². The van der Waals surface area contributed by atoms with Crippen LogP contribution in [-0.2, 0) is 4.74 Å². The Balaban J connectivity index is 1.42. The molecule has 1 saturated carbocycles. The van der Waals surface area contributed by atoms with Crippen molar-refractivity contribution >= 4 is 23.8 Å². The molecule has 1 aliphatic heterocycles. The molecular weight excluding hydrogens is 453 g/mol. The number of benzene rings is 1. The molecule has 1 aromatic heterocycles. The quantitative estimate of drug-likeness (QED) is 0.546. The summed E-state index contributed by atoms with van der Waals surface area (Å²) in [5, 5.41) is 15.6. The first-order valence-corrected chi connectivity index (χ1v) is 12.1. The van der Waals surface area contributed by atoms with Crippen LogP contribution in [-0.4, -0.2) is 51.9 Å². The van der Waals surface area contributed by atoms with Gasteiger partial charge in [-0.2, -0.15) is 4.98 Å². The third kappa shape index (κ3) is 5.70. The summed E-state index contributed by atoms with van der Waals surface area (Å²) >= 11 is 0. The van der Waals surface area contributed by atoms with E-state index in [-0.39, 0.29) is 35.7 Å². The standard InChI is InChI=1S/C25H32FN5O4/c1-14(2)21-13-35-25(34)31(21)22-10-11-27-24(30-22)28-15(3)16-4-9-19(20(26)12-16)23(33)29-17-5-7-18(32)8-6-17/h4,9-12,14-15,17-18,21,32H,5-8,13H2,1-3H3,(H,29,33)(H,27,28,30)/t15-,17?,18?,21+/m0/s1. The SMILES string of the molecule is CC(C)[C@H]1COC(=O)N1c1ccnc(N[C@@H](C)c2ccc(C(=O)NC3CCC(O)CC3)c(F)c2)n1. The minimum atomic E-state index is -0.612. The molecule has 1 aromatic carbocycles. The van der Waals surface area contributed by atoms with Gasteiger partial charge in [0, 0.05) is 12.2 Å². The van der Waals surface area contributed by atoms with E-state index in [9.17, 15) is 19.1 Å². The third-order valence-electron chi connectivity index (χ3n) is 6.68. The molecule has 1 aliphatic carbocycles. The molecule has 0 bridgehead atoms. The monoisotopic (exact) mass is 485 g/mol. The van der Waals surface area contributed by atoms with E-state index in [1.54, 1.807) is 18.3 Å². The largest absolute Gasteiger partial charge is 0.447 e. The van der Waals surface area contributed by atoms with Crippen LogP contribution in [0.4, 0.5) is 21.0 Å². The summed E-state index contributed by atoms with van der Waals surface area (Å²) in [6.07, 6.45) is 3.42. The molecule has 2 amide bonds. The van der Waals surface area contributed by atoms with Crippen LogP contribution < -0.4 is 15.5 Å². The number of amides is 2. The predicted octanol–water partition coefficient (Wildman–Crippen LogP) is 3.80. The number of ether oxygens (including phenoxy) is 1. The molecule has 0 spiro atoms. The average molecular weight is 486 g/mol. The summed E-state index contributed by atoms with van der Waals surface area (Å²) in [6, 6.07) is 5.61. The van der Waals surface area contributed by atoms with Gasteiger partial charge < -0.3 is 20.5 Å². The Morgan fingerprint density at radius 2 is 1.94 bits per heavy atom. The van der Waals surface area contributed by atoms with Gasteiger partial charge >= 0.3 is 6.09 Å². The van der Waals surface area contributed by atoms with E-state index in [0.29, 0.717) is 49.6 Å². The molecule has 1 saturated heterocycles. The van der Waals surface area contributed by atoms with Crippen molar-refractivity contribution in [2.24, 2.45) is 5.92 Å². The van der Waals surface area contributed by atoms with Crippen LogP contribution in [0.25, 0.3) is 0 Å². The van der Waals surface area contributed by atoms with Gasteiger partial charge in [-0.1, -0.05) is 19.9 Å². The Labute approximate surface area is 204 Å². The molecular formula is C25H32FN5O4. The highest BCUT2D eigenvalue weighted by molar-refractivity contribution is 5.94. The number of carbonyl (C=O) groups is 2. The van der Waals surface area contributed by atoms with E-state index < -0.39 is 17.8 Å². The van der Waals surface area contributed by atoms with Crippen LogP contribution in [0.1, 0.15) is 68.4 Å². The van der Waals surface area contributed by atoms with Gasteiger partial charge in [0.2, 0.25) is 5.95 Å². The average Bonchev–Trinajstić information content (AvgIpc) is 3.22. The lowest BCUT2D eigenvalue weighted by atomic mass is 9.93. The van der Waals surface area contributed by atoms with Gasteiger partial charge in [-0.25, -0.2) is 14.2 Å². The van der Waals surface area contributed by atoms with Crippen LogP contribution >= 0.6 is 0 Å². The van der Waals surface area contributed by atoms with Crippen molar-refractivity contribution in [2.45, 2.75) is 70.7 Å². The van der Waals surface area contributed by atoms with E-state index >= 15 is 0 Å². The zero-order valence-electron chi connectivity index (χ0n) is 20.2. The Morgan fingerprint density at radius 3 is 2.63 bits per heavy atom. The predicted molar refractivity (Wildman–Crippen MR) is 129 cm³/mol. The topological polar surface area (TPSA) is 117 Å². The molecule has 35 heavy (non-hydrogen) atoms. The van der Waals surface area contributed by atoms with Gasteiger partial charge in [0.25, 0.3) is 5.91 Å². The second-order valence-corrected chi connectivity index (χ2v) is 9.58. The summed E-state index contributed by atoms with van der Waals surface area (Å²) in [7, 11) is 0. The van der Waals surface area contributed by atoms with Crippen LogP contribution in [0, 0.1) is 11.7 Å². The molecule has 10 heteroatoms. The Bertz CT molecular complexity index is 1070. The number of carbonyl (C=O) groups excluding carboxylic acids is 2. The highest BCUT2D eigenvalue weighted by Gasteiger charge is 2.37. The number of nitrogens with one attached hydrogen (secondary N) is 2. The van der Waals surface area contributed by atoms with Crippen molar-refractivity contribution in [3.05, 3.63) is 47.4 Å². The number of aliphatic hydroxyl groups excluding tert-OH is 1. The number of aliphatic hydroxyl groups is 1. The van der Waals surface area contributed by atoms with Gasteiger partial charge in [0.05, 0.1) is 23.8 Å². The van der Waals surface area contributed by atoms with Gasteiger partial charge in [-0.3, -0.25) is 9.69 Å². The molecule has 2 heterocycles. The maximum absolute atomic E-state index is 14.8. The van der Waals surface area contributed by atoms with E-state index in [1.165, 1.54) is 17.0 Å². The van der Waals surface area contributed by atoms with E-state index in [4.69, 9.17) is 4.74 Å². The number of hydrogen-bond donors (Lipinski definition) is 3. The molecule has 2 aliphatic rings. The number of hydrogen-bond acceptors (Lipinski definition) is 7. The lowest BCUT2D eigenvalue weighted by molar-refractivity contribution is 0.0864. The number of anilines is 2. The van der Waals surface area contributed by atoms with Crippen molar-refractivity contribution in [1.29, 1.82) is 0 Å². The van der Waals surface area contributed by atoms with Gasteiger partial charge in [0.15, 0.2) is 0 Å². The van der Waals surface area contributed by atoms with Gasteiger partial charge in [-0.05, 0) is 62.3 Å². The van der Waals surface area contributed by atoms with Crippen molar-refractivity contribution in [3.63, 3.8) is 0 Å². The Kier molecular flexibility index (Phi) is 7.49. The first-order chi connectivity index (χ1) is 16.7. The van der Waals surface area contributed by atoms with Crippen LogP contribution in [0.3, 0.4) is 0 Å². The second kappa shape index (κ2) is 10.6. The zero-order chi connectivity index (χ0) is 25.1. The molecule has 0 radical (unpaired) electrons. The number of halogens is 1. The number of aromatic nitrogens is 2. The maximum Gasteiger partial charge on any atom is 0.415 e. The van der Waals surface area contributed by atoms with Crippen LogP contribution in [0.2, 0.25) is 0 Å². The van der Waals surface area contributed by atoms with Gasteiger partial charge in [-0.15, -0.1) is 0 Å². The fourth-order valence-corrected chi connectivity index (χ4v) is 4.49. The number of rotatable bonds is 7. The smallest absolute Gasteiger partial charge is 0.415 e. The summed E-state index contributed by atoms with van der Waals surface area (Å²) in [4.78, 5) is 35.0.